The molecule has 3 heterocycles. The average molecular weight is 362 g/mol. The van der Waals surface area contributed by atoms with E-state index < -0.39 is 6.17 Å². The van der Waals surface area contributed by atoms with Gasteiger partial charge in [0.2, 0.25) is 11.8 Å². The summed E-state index contributed by atoms with van der Waals surface area (Å²) in [6.07, 6.45) is 3.56. The summed E-state index contributed by atoms with van der Waals surface area (Å²) in [5.74, 6) is -0.268. The Morgan fingerprint density at radius 2 is 1.92 bits per heavy atom. The quantitative estimate of drug-likeness (QED) is 0.821. The Bertz CT molecular complexity index is 700. The second-order valence-corrected chi connectivity index (χ2v) is 8.49. The molecule has 6 nitrogen and oxygen atoms in total. The zero-order valence-corrected chi connectivity index (χ0v) is 15.5. The molecule has 2 saturated heterocycles. The van der Waals surface area contributed by atoms with Gasteiger partial charge in [0, 0.05) is 43.8 Å². The summed E-state index contributed by atoms with van der Waals surface area (Å²) >= 11 is 0. The van der Waals surface area contributed by atoms with E-state index >= 15 is 0 Å². The van der Waals surface area contributed by atoms with Crippen molar-refractivity contribution in [2.24, 2.45) is 11.3 Å². The van der Waals surface area contributed by atoms with Crippen LogP contribution < -0.4 is 0 Å². The molecular weight excluding hydrogens is 335 g/mol. The Kier molecular flexibility index (Phi) is 4.28. The van der Waals surface area contributed by atoms with Crippen LogP contribution in [0, 0.1) is 11.3 Å². The molecule has 142 valence electrons. The minimum atomic E-state index is -0.922. The maximum Gasteiger partial charge on any atom is 0.228 e. The van der Waals surface area contributed by atoms with Crippen LogP contribution in [-0.2, 0) is 16.0 Å². The van der Waals surface area contributed by atoms with Crippen LogP contribution in [0.15, 0.2) is 12.3 Å². The van der Waals surface area contributed by atoms with E-state index in [0.29, 0.717) is 32.0 Å². The SMILES string of the molecule is CC(C)n1ccc(CC(=O)N2CC3(CCN(C(=O)[C@@H]4C[C@H]4F)CC3)C2)n1. The number of likely N-dealkylation sites (tertiary alicyclic amines) is 2. The lowest BCUT2D eigenvalue weighted by atomic mass is 9.71. The molecule has 3 aliphatic rings. The van der Waals surface area contributed by atoms with Crippen molar-refractivity contribution in [3.05, 3.63) is 18.0 Å². The highest BCUT2D eigenvalue weighted by Gasteiger charge is 2.50. The summed E-state index contributed by atoms with van der Waals surface area (Å²) in [5, 5.41) is 4.45. The van der Waals surface area contributed by atoms with Crippen molar-refractivity contribution in [1.82, 2.24) is 19.6 Å². The lowest BCUT2D eigenvalue weighted by molar-refractivity contribution is -0.150. The lowest BCUT2D eigenvalue weighted by Crippen LogP contribution is -2.62. The minimum Gasteiger partial charge on any atom is -0.342 e. The molecule has 2 aliphatic heterocycles. The Labute approximate surface area is 153 Å². The van der Waals surface area contributed by atoms with Crippen LogP contribution in [0.25, 0.3) is 0 Å². The molecule has 0 N–H and O–H groups in total. The van der Waals surface area contributed by atoms with E-state index in [2.05, 4.69) is 18.9 Å². The van der Waals surface area contributed by atoms with Crippen LogP contribution in [0.4, 0.5) is 4.39 Å². The third-order valence-corrected chi connectivity index (χ3v) is 6.10. The van der Waals surface area contributed by atoms with E-state index in [4.69, 9.17) is 0 Å². The van der Waals surface area contributed by atoms with Gasteiger partial charge in [-0.3, -0.25) is 14.3 Å². The molecule has 1 aliphatic carbocycles. The summed E-state index contributed by atoms with van der Waals surface area (Å²) in [7, 11) is 0. The van der Waals surface area contributed by atoms with Gasteiger partial charge in [0.25, 0.3) is 0 Å². The molecule has 7 heteroatoms. The Morgan fingerprint density at radius 1 is 1.27 bits per heavy atom. The summed E-state index contributed by atoms with van der Waals surface area (Å²) in [6, 6.07) is 2.20. The molecule has 1 aromatic rings. The highest BCUT2D eigenvalue weighted by atomic mass is 19.1. The van der Waals surface area contributed by atoms with Crippen molar-refractivity contribution in [1.29, 1.82) is 0 Å². The molecule has 2 amide bonds. The third-order valence-electron chi connectivity index (χ3n) is 6.10. The predicted octanol–water partition coefficient (Wildman–Crippen LogP) is 1.82. The van der Waals surface area contributed by atoms with Crippen molar-refractivity contribution in [3.8, 4) is 0 Å². The van der Waals surface area contributed by atoms with Gasteiger partial charge in [0.1, 0.15) is 6.17 Å². The highest BCUT2D eigenvalue weighted by Crippen LogP contribution is 2.42. The van der Waals surface area contributed by atoms with Crippen molar-refractivity contribution in [2.75, 3.05) is 26.2 Å². The van der Waals surface area contributed by atoms with E-state index in [0.717, 1.165) is 31.6 Å². The zero-order chi connectivity index (χ0) is 18.5. The topological polar surface area (TPSA) is 58.4 Å². The molecule has 0 unspecified atom stereocenters. The lowest BCUT2D eigenvalue weighted by Gasteiger charge is -2.54. The first-order valence-electron chi connectivity index (χ1n) is 9.62. The smallest absolute Gasteiger partial charge is 0.228 e. The van der Waals surface area contributed by atoms with Gasteiger partial charge < -0.3 is 9.80 Å². The van der Waals surface area contributed by atoms with Gasteiger partial charge in [-0.25, -0.2) is 4.39 Å². The first-order chi connectivity index (χ1) is 12.4. The summed E-state index contributed by atoms with van der Waals surface area (Å²) < 4.78 is 14.9. The number of hydrogen-bond acceptors (Lipinski definition) is 3. The van der Waals surface area contributed by atoms with Gasteiger partial charge in [0.15, 0.2) is 0 Å². The molecule has 1 aromatic heterocycles. The Morgan fingerprint density at radius 3 is 2.46 bits per heavy atom. The van der Waals surface area contributed by atoms with Crippen LogP contribution in [0.1, 0.15) is 44.8 Å². The molecule has 0 bridgehead atoms. The fraction of sp³-hybridized carbons (Fsp3) is 0.737. The largest absolute Gasteiger partial charge is 0.342 e. The molecule has 0 radical (unpaired) electrons. The number of hydrogen-bond donors (Lipinski definition) is 0. The summed E-state index contributed by atoms with van der Waals surface area (Å²) in [6.45, 7) is 7.06. The number of halogens is 1. The Balaban J connectivity index is 1.24. The van der Waals surface area contributed by atoms with E-state index in [9.17, 15) is 14.0 Å². The second kappa shape index (κ2) is 6.35. The number of carbonyl (C=O) groups is 2. The van der Waals surface area contributed by atoms with E-state index in [-0.39, 0.29) is 23.1 Å². The van der Waals surface area contributed by atoms with Crippen molar-refractivity contribution in [2.45, 2.75) is 51.7 Å². The van der Waals surface area contributed by atoms with Gasteiger partial charge >= 0.3 is 0 Å². The van der Waals surface area contributed by atoms with Crippen LogP contribution in [0.2, 0.25) is 0 Å². The number of rotatable bonds is 4. The standard InChI is InChI=1S/C19H27FN4O2/c1-13(2)24-6-3-14(21-24)9-17(25)23-11-19(12-23)4-7-22(8-5-19)18(26)15-10-16(15)20/h3,6,13,15-16H,4-5,7-12H2,1-2H3/t15-,16-/m1/s1. The van der Waals surface area contributed by atoms with Gasteiger partial charge in [-0.1, -0.05) is 0 Å². The second-order valence-electron chi connectivity index (χ2n) is 8.49. The predicted molar refractivity (Wildman–Crippen MR) is 94.1 cm³/mol. The van der Waals surface area contributed by atoms with Crippen LogP contribution in [0.3, 0.4) is 0 Å². The number of nitrogens with zero attached hydrogens (tertiary/aromatic N) is 4. The Hall–Kier alpha value is -1.92. The van der Waals surface area contributed by atoms with Gasteiger partial charge in [-0.15, -0.1) is 0 Å². The maximum atomic E-state index is 13.1. The maximum absolute atomic E-state index is 13.1. The molecule has 0 aromatic carbocycles. The van der Waals surface area contributed by atoms with Crippen molar-refractivity contribution in [3.63, 3.8) is 0 Å². The van der Waals surface area contributed by atoms with Crippen LogP contribution in [-0.4, -0.2) is 63.7 Å². The fourth-order valence-electron chi connectivity index (χ4n) is 4.14. The number of piperidine rings is 1. The van der Waals surface area contributed by atoms with Crippen LogP contribution >= 0.6 is 0 Å². The molecule has 3 fully saturated rings. The first kappa shape index (κ1) is 17.5. The molecule has 2 atom stereocenters. The van der Waals surface area contributed by atoms with Gasteiger partial charge in [-0.2, -0.15) is 5.10 Å². The van der Waals surface area contributed by atoms with Crippen LogP contribution in [0.5, 0.6) is 0 Å². The number of carbonyl (C=O) groups excluding carboxylic acids is 2. The monoisotopic (exact) mass is 362 g/mol. The molecule has 4 rings (SSSR count). The van der Waals surface area contributed by atoms with E-state index in [1.54, 1.807) is 0 Å². The molecular formula is C19H27FN4O2. The van der Waals surface area contributed by atoms with Crippen molar-refractivity contribution >= 4 is 11.8 Å². The number of amides is 2. The fourth-order valence-corrected chi connectivity index (χ4v) is 4.14. The van der Waals surface area contributed by atoms with Crippen molar-refractivity contribution < 1.29 is 14.0 Å². The average Bonchev–Trinajstić information content (AvgIpc) is 3.12. The van der Waals surface area contributed by atoms with Gasteiger partial charge in [-0.05, 0) is 39.2 Å². The minimum absolute atomic E-state index is 0.0136. The normalized spacial score (nSPS) is 26.9. The molecule has 1 saturated carbocycles. The third kappa shape index (κ3) is 3.23. The summed E-state index contributed by atoms with van der Waals surface area (Å²) in [5.41, 5.74) is 0.970. The summed E-state index contributed by atoms with van der Waals surface area (Å²) in [4.78, 5) is 28.3. The van der Waals surface area contributed by atoms with Gasteiger partial charge in [0.05, 0.1) is 18.0 Å². The van der Waals surface area contributed by atoms with E-state index in [1.165, 1.54) is 0 Å². The first-order valence-corrected chi connectivity index (χ1v) is 9.62. The number of aromatic nitrogens is 2. The van der Waals surface area contributed by atoms with E-state index in [1.807, 2.05) is 26.7 Å². The highest BCUT2D eigenvalue weighted by molar-refractivity contribution is 5.82. The molecule has 1 spiro atoms. The number of alkyl halides is 1. The molecule has 26 heavy (non-hydrogen) atoms. The zero-order valence-electron chi connectivity index (χ0n) is 15.5.